The molecular formula is C60H51N. The molecule has 61 heavy (non-hydrogen) atoms. The first-order chi connectivity index (χ1) is 29.3. The van der Waals surface area contributed by atoms with Gasteiger partial charge in [0.1, 0.15) is 0 Å². The summed E-state index contributed by atoms with van der Waals surface area (Å²) < 4.78 is 0. The Labute approximate surface area is 361 Å². The van der Waals surface area contributed by atoms with Crippen molar-refractivity contribution in [3.63, 3.8) is 0 Å². The van der Waals surface area contributed by atoms with Crippen LogP contribution >= 0.6 is 0 Å². The fourth-order valence-electron chi connectivity index (χ4n) is 11.8. The highest BCUT2D eigenvalue weighted by atomic mass is 15.2. The molecule has 0 bridgehead atoms. The summed E-state index contributed by atoms with van der Waals surface area (Å²) in [4.78, 5) is 2.60. The molecule has 296 valence electrons. The van der Waals surface area contributed by atoms with Crippen LogP contribution in [0.1, 0.15) is 104 Å². The smallest absolute Gasteiger partial charge is 0.0726 e. The number of anilines is 3. The van der Waals surface area contributed by atoms with Gasteiger partial charge in [-0.25, -0.2) is 0 Å². The predicted molar refractivity (Wildman–Crippen MR) is 256 cm³/mol. The Morgan fingerprint density at radius 1 is 0.393 bits per heavy atom. The third kappa shape index (κ3) is 4.73. The van der Waals surface area contributed by atoms with E-state index in [9.17, 15) is 0 Å². The Hall–Kier alpha value is -6.44. The number of fused-ring (bicyclic) bond motifs is 15. The van der Waals surface area contributed by atoms with Gasteiger partial charge in [-0.05, 0) is 144 Å². The maximum absolute atomic E-state index is 2.60. The topological polar surface area (TPSA) is 3.24 Å². The van der Waals surface area contributed by atoms with E-state index in [2.05, 4.69) is 224 Å². The zero-order valence-corrected chi connectivity index (χ0v) is 36.5. The first-order valence-corrected chi connectivity index (χ1v) is 22.1. The summed E-state index contributed by atoms with van der Waals surface area (Å²) in [6.45, 7) is 18.7. The minimum Gasteiger partial charge on any atom is -0.310 e. The van der Waals surface area contributed by atoms with Gasteiger partial charge in [-0.15, -0.1) is 0 Å². The second-order valence-electron chi connectivity index (χ2n) is 20.3. The van der Waals surface area contributed by atoms with E-state index < -0.39 is 5.41 Å². The maximum Gasteiger partial charge on any atom is 0.0726 e. The van der Waals surface area contributed by atoms with Crippen LogP contribution in [0.3, 0.4) is 0 Å². The normalized spacial score (nSPS) is 17.0. The second-order valence-corrected chi connectivity index (χ2v) is 20.3. The van der Waals surface area contributed by atoms with Crippen molar-refractivity contribution < 1.29 is 0 Å². The van der Waals surface area contributed by atoms with Gasteiger partial charge in [0.05, 0.1) is 16.8 Å². The number of aryl methyl sites for hydroxylation is 1. The van der Waals surface area contributed by atoms with Crippen molar-refractivity contribution in [2.75, 3.05) is 4.90 Å². The average molecular weight is 786 g/mol. The van der Waals surface area contributed by atoms with Crippen molar-refractivity contribution >= 4 is 17.1 Å². The Morgan fingerprint density at radius 3 is 1.56 bits per heavy atom. The van der Waals surface area contributed by atoms with E-state index in [-0.39, 0.29) is 16.2 Å². The SMILES string of the molecule is Cc1ccc(-c2ccc3c(c2)N(c2ccc4c(c2)C2(c5ccccc5-4)c4cc(C(C)(C)C)ccc4-c4ccc(C(C)(C)C)cc42)c2cccc4c2C3(C)c2ccccc2-4)cc1. The minimum atomic E-state index is -0.485. The van der Waals surface area contributed by atoms with Crippen LogP contribution in [0.5, 0.6) is 0 Å². The third-order valence-electron chi connectivity index (χ3n) is 14.9. The summed E-state index contributed by atoms with van der Waals surface area (Å²) in [5, 5.41) is 0. The Balaban J connectivity index is 1.17. The number of hydrogen-bond acceptors (Lipinski definition) is 1. The van der Waals surface area contributed by atoms with Crippen LogP contribution in [0.25, 0.3) is 44.5 Å². The molecule has 3 aliphatic carbocycles. The summed E-state index contributed by atoms with van der Waals surface area (Å²) in [5.41, 5.74) is 27.0. The minimum absolute atomic E-state index is 0.00501. The van der Waals surface area contributed by atoms with E-state index in [1.165, 1.54) is 117 Å². The summed E-state index contributed by atoms with van der Waals surface area (Å²) in [6, 6.07) is 63.7. The lowest BCUT2D eigenvalue weighted by atomic mass is 9.68. The van der Waals surface area contributed by atoms with Gasteiger partial charge in [-0.1, -0.05) is 187 Å². The first-order valence-electron chi connectivity index (χ1n) is 22.1. The van der Waals surface area contributed by atoms with Crippen molar-refractivity contribution in [3.05, 3.63) is 219 Å². The maximum atomic E-state index is 2.60. The molecule has 1 heteroatoms. The van der Waals surface area contributed by atoms with E-state index in [0.717, 1.165) is 0 Å². The molecule has 0 fully saturated rings. The van der Waals surface area contributed by atoms with Crippen LogP contribution in [0, 0.1) is 6.92 Å². The summed E-state index contributed by atoms with van der Waals surface area (Å²) >= 11 is 0. The van der Waals surface area contributed by atoms with Gasteiger partial charge >= 0.3 is 0 Å². The number of rotatable bonds is 2. The third-order valence-corrected chi connectivity index (χ3v) is 14.9. The van der Waals surface area contributed by atoms with Gasteiger partial charge < -0.3 is 4.90 Å². The van der Waals surface area contributed by atoms with Crippen LogP contribution in [0.15, 0.2) is 164 Å². The number of hydrogen-bond donors (Lipinski definition) is 0. The van der Waals surface area contributed by atoms with Crippen molar-refractivity contribution in [3.8, 4) is 44.5 Å². The highest BCUT2D eigenvalue weighted by Crippen LogP contribution is 2.66. The van der Waals surface area contributed by atoms with E-state index in [0.29, 0.717) is 0 Å². The molecule has 1 aliphatic heterocycles. The monoisotopic (exact) mass is 785 g/mol. The molecule has 0 saturated heterocycles. The largest absolute Gasteiger partial charge is 0.310 e. The van der Waals surface area contributed by atoms with Crippen molar-refractivity contribution in [2.45, 2.75) is 77.0 Å². The molecule has 8 aromatic carbocycles. The lowest BCUT2D eigenvalue weighted by Gasteiger charge is -2.43. The highest BCUT2D eigenvalue weighted by molar-refractivity contribution is 6.00. The van der Waals surface area contributed by atoms with Crippen molar-refractivity contribution in [1.82, 2.24) is 0 Å². The molecule has 1 atom stereocenters. The molecular weight excluding hydrogens is 735 g/mol. The zero-order chi connectivity index (χ0) is 41.8. The van der Waals surface area contributed by atoms with Gasteiger partial charge in [0.2, 0.25) is 0 Å². The van der Waals surface area contributed by atoms with Gasteiger partial charge in [0.15, 0.2) is 0 Å². The molecule has 0 aromatic heterocycles. The highest BCUT2D eigenvalue weighted by Gasteiger charge is 2.53. The van der Waals surface area contributed by atoms with Crippen LogP contribution in [-0.4, -0.2) is 0 Å². The van der Waals surface area contributed by atoms with E-state index >= 15 is 0 Å². The molecule has 0 N–H and O–H groups in total. The molecule has 0 radical (unpaired) electrons. The van der Waals surface area contributed by atoms with Gasteiger partial charge in [0.25, 0.3) is 0 Å². The summed E-state index contributed by atoms with van der Waals surface area (Å²) in [7, 11) is 0. The Morgan fingerprint density at radius 2 is 0.918 bits per heavy atom. The molecule has 1 heterocycles. The Bertz CT molecular complexity index is 3120. The van der Waals surface area contributed by atoms with E-state index in [4.69, 9.17) is 0 Å². The molecule has 12 rings (SSSR count). The van der Waals surface area contributed by atoms with Crippen LogP contribution in [-0.2, 0) is 21.7 Å². The number of benzene rings is 8. The van der Waals surface area contributed by atoms with Crippen molar-refractivity contribution in [1.29, 1.82) is 0 Å². The van der Waals surface area contributed by atoms with Gasteiger partial charge in [-0.3, -0.25) is 0 Å². The van der Waals surface area contributed by atoms with Crippen molar-refractivity contribution in [2.24, 2.45) is 0 Å². The van der Waals surface area contributed by atoms with Crippen LogP contribution in [0.4, 0.5) is 17.1 Å². The van der Waals surface area contributed by atoms with E-state index in [1.54, 1.807) is 0 Å². The fourth-order valence-corrected chi connectivity index (χ4v) is 11.8. The van der Waals surface area contributed by atoms with Crippen LogP contribution < -0.4 is 4.90 Å². The molecule has 8 aromatic rings. The Kier molecular flexibility index (Phi) is 7.23. The molecule has 0 amide bonds. The summed E-state index contributed by atoms with van der Waals surface area (Å²) in [6.07, 6.45) is 0. The molecule has 4 aliphatic rings. The zero-order valence-electron chi connectivity index (χ0n) is 36.5. The molecule has 1 unspecified atom stereocenters. The van der Waals surface area contributed by atoms with Gasteiger partial charge in [-0.2, -0.15) is 0 Å². The lowest BCUT2D eigenvalue weighted by Crippen LogP contribution is -2.32. The second kappa shape index (κ2) is 12.1. The molecule has 0 saturated carbocycles. The first kappa shape index (κ1) is 36.4. The lowest BCUT2D eigenvalue weighted by molar-refractivity contribution is 0.586. The fraction of sp³-hybridized carbons (Fsp3) is 0.200. The van der Waals surface area contributed by atoms with Crippen LogP contribution in [0.2, 0.25) is 0 Å². The summed E-state index contributed by atoms with van der Waals surface area (Å²) in [5.74, 6) is 0. The standard InChI is InChI=1S/C60H51N/c1-36-20-22-37(23-21-36)38-24-31-50-55(32-38)61(54-19-13-16-47-43-15-9-11-17-48(43)59(50,8)56(47)54)41-27-30-46-42-14-10-12-18-49(42)60(53(46)35-41)51-33-39(57(2,3)4)25-28-44(51)45-29-26-40(34-52(45)60)58(5,6)7/h9-35H,1-8H3. The molecule has 1 nitrogen and oxygen atoms in total. The predicted octanol–water partition coefficient (Wildman–Crippen LogP) is 15.7. The number of nitrogens with zero attached hydrogens (tertiary/aromatic N) is 1. The quantitative estimate of drug-likeness (QED) is 0.169. The van der Waals surface area contributed by atoms with Gasteiger partial charge in [0, 0.05) is 11.1 Å². The average Bonchev–Trinajstić information content (AvgIpc) is 3.83. The van der Waals surface area contributed by atoms with E-state index in [1.807, 2.05) is 0 Å². The molecule has 1 spiro atoms.